The number of fused-ring (bicyclic) bond motifs is 1. The molecule has 6 heteroatoms. The summed E-state index contributed by atoms with van der Waals surface area (Å²) < 4.78 is 16.4. The SMILES string of the molecule is O=C(COC(=O)C12CC3CC(CC(O)(C3)C1)C2)c1ccc2c(c1)OCCO2. The van der Waals surface area contributed by atoms with Crippen LogP contribution < -0.4 is 9.47 Å². The summed E-state index contributed by atoms with van der Waals surface area (Å²) in [5.41, 5.74) is -0.884. The fourth-order valence-electron chi connectivity index (χ4n) is 6.04. The number of benzene rings is 1. The summed E-state index contributed by atoms with van der Waals surface area (Å²) in [6.07, 6.45) is 4.74. The lowest BCUT2D eigenvalue weighted by atomic mass is 9.48. The Morgan fingerprint density at radius 2 is 1.78 bits per heavy atom. The van der Waals surface area contributed by atoms with E-state index in [1.165, 1.54) is 0 Å². The summed E-state index contributed by atoms with van der Waals surface area (Å²) in [4.78, 5) is 25.4. The molecule has 27 heavy (non-hydrogen) atoms. The highest BCUT2D eigenvalue weighted by Gasteiger charge is 2.60. The third-order valence-electron chi connectivity index (χ3n) is 6.66. The van der Waals surface area contributed by atoms with E-state index in [9.17, 15) is 14.7 Å². The Kier molecular flexibility index (Phi) is 3.76. The van der Waals surface area contributed by atoms with Gasteiger partial charge in [-0.05, 0) is 68.6 Å². The number of ketones is 1. The zero-order chi connectivity index (χ0) is 18.6. The van der Waals surface area contributed by atoms with Crippen LogP contribution in [0.25, 0.3) is 0 Å². The maximum atomic E-state index is 12.9. The number of esters is 1. The zero-order valence-electron chi connectivity index (χ0n) is 15.2. The molecule has 1 heterocycles. The Labute approximate surface area is 157 Å². The van der Waals surface area contributed by atoms with E-state index in [4.69, 9.17) is 14.2 Å². The van der Waals surface area contributed by atoms with Crippen molar-refractivity contribution in [3.05, 3.63) is 23.8 Å². The van der Waals surface area contributed by atoms with Gasteiger partial charge < -0.3 is 19.3 Å². The monoisotopic (exact) mass is 372 g/mol. The van der Waals surface area contributed by atoms with Crippen LogP contribution in [-0.4, -0.2) is 42.3 Å². The maximum absolute atomic E-state index is 12.9. The van der Waals surface area contributed by atoms with E-state index < -0.39 is 11.0 Å². The number of aliphatic hydroxyl groups is 1. The first-order chi connectivity index (χ1) is 12.9. The maximum Gasteiger partial charge on any atom is 0.312 e. The predicted octanol–water partition coefficient (Wildman–Crippen LogP) is 2.52. The zero-order valence-corrected chi connectivity index (χ0v) is 15.2. The van der Waals surface area contributed by atoms with Crippen molar-refractivity contribution in [2.45, 2.75) is 44.1 Å². The molecule has 0 saturated heterocycles. The van der Waals surface area contributed by atoms with Crippen LogP contribution in [0.2, 0.25) is 0 Å². The van der Waals surface area contributed by atoms with Crippen LogP contribution in [0.15, 0.2) is 18.2 Å². The Morgan fingerprint density at radius 1 is 1.07 bits per heavy atom. The summed E-state index contributed by atoms with van der Waals surface area (Å²) in [5, 5.41) is 10.8. The molecule has 2 atom stereocenters. The summed E-state index contributed by atoms with van der Waals surface area (Å²) in [6, 6.07) is 5.01. The summed E-state index contributed by atoms with van der Waals surface area (Å²) in [7, 11) is 0. The minimum Gasteiger partial charge on any atom is -0.486 e. The van der Waals surface area contributed by atoms with Crippen LogP contribution in [0.5, 0.6) is 11.5 Å². The second-order valence-corrected chi connectivity index (χ2v) is 8.82. The van der Waals surface area contributed by atoms with Crippen molar-refractivity contribution in [2.24, 2.45) is 17.3 Å². The van der Waals surface area contributed by atoms with E-state index in [0.29, 0.717) is 48.5 Å². The highest BCUT2D eigenvalue weighted by atomic mass is 16.6. The van der Waals surface area contributed by atoms with Gasteiger partial charge in [-0.3, -0.25) is 9.59 Å². The van der Waals surface area contributed by atoms with Crippen LogP contribution in [0.1, 0.15) is 48.9 Å². The molecule has 4 bridgehead atoms. The molecule has 4 fully saturated rings. The number of carbonyl (C=O) groups excluding carboxylic acids is 2. The molecule has 0 radical (unpaired) electrons. The van der Waals surface area contributed by atoms with Crippen LogP contribution in [0.4, 0.5) is 0 Å². The highest BCUT2D eigenvalue weighted by molar-refractivity contribution is 5.98. The standard InChI is InChI=1S/C21H24O6/c22-16(15-1-2-17-18(6-15)26-4-3-25-17)11-27-19(23)20-7-13-5-14(8-20)10-21(24,9-13)12-20/h1-2,6,13-14,24H,3-5,7-12H2. The van der Waals surface area contributed by atoms with E-state index in [0.717, 1.165) is 32.1 Å². The third-order valence-corrected chi connectivity index (χ3v) is 6.66. The highest BCUT2D eigenvalue weighted by Crippen LogP contribution is 2.61. The first-order valence-corrected chi connectivity index (χ1v) is 9.77. The molecule has 4 saturated carbocycles. The lowest BCUT2D eigenvalue weighted by Gasteiger charge is -2.58. The number of Topliss-reactive ketones (excluding diaryl/α,β-unsaturated/α-hetero) is 1. The van der Waals surface area contributed by atoms with E-state index in [1.807, 2.05) is 0 Å². The van der Waals surface area contributed by atoms with Gasteiger partial charge in [-0.25, -0.2) is 0 Å². The molecule has 4 aliphatic carbocycles. The van der Waals surface area contributed by atoms with Gasteiger partial charge in [0.2, 0.25) is 0 Å². The second-order valence-electron chi connectivity index (χ2n) is 8.82. The topological polar surface area (TPSA) is 82.1 Å². The molecule has 2 unspecified atom stereocenters. The Morgan fingerprint density at radius 3 is 2.48 bits per heavy atom. The van der Waals surface area contributed by atoms with Gasteiger partial charge in [-0.1, -0.05) is 0 Å². The van der Waals surface area contributed by atoms with Gasteiger partial charge in [-0.2, -0.15) is 0 Å². The summed E-state index contributed by atoms with van der Waals surface area (Å²) in [6.45, 7) is 0.662. The molecule has 0 aromatic heterocycles. The van der Waals surface area contributed by atoms with Crippen LogP contribution in [0.3, 0.4) is 0 Å². The molecular formula is C21H24O6. The van der Waals surface area contributed by atoms with Crippen LogP contribution in [-0.2, 0) is 9.53 Å². The molecule has 1 N–H and O–H groups in total. The van der Waals surface area contributed by atoms with Crippen LogP contribution in [0, 0.1) is 17.3 Å². The average Bonchev–Trinajstić information content (AvgIpc) is 2.63. The number of hydrogen-bond acceptors (Lipinski definition) is 6. The van der Waals surface area contributed by atoms with Crippen molar-refractivity contribution in [1.29, 1.82) is 0 Å². The molecule has 144 valence electrons. The van der Waals surface area contributed by atoms with Gasteiger partial charge >= 0.3 is 5.97 Å². The van der Waals surface area contributed by atoms with Crippen molar-refractivity contribution in [2.75, 3.05) is 19.8 Å². The summed E-state index contributed by atoms with van der Waals surface area (Å²) >= 11 is 0. The quantitative estimate of drug-likeness (QED) is 0.646. The van der Waals surface area contributed by atoms with Gasteiger partial charge in [0.15, 0.2) is 23.9 Å². The van der Waals surface area contributed by atoms with Gasteiger partial charge in [0.1, 0.15) is 13.2 Å². The predicted molar refractivity (Wildman–Crippen MR) is 94.8 cm³/mol. The van der Waals surface area contributed by atoms with Gasteiger partial charge in [0.05, 0.1) is 11.0 Å². The first-order valence-electron chi connectivity index (χ1n) is 9.77. The fourth-order valence-corrected chi connectivity index (χ4v) is 6.04. The Balaban J connectivity index is 1.26. The number of rotatable bonds is 4. The molecule has 5 aliphatic rings. The van der Waals surface area contributed by atoms with Crippen molar-refractivity contribution in [3.63, 3.8) is 0 Å². The molecule has 1 aromatic rings. The minimum absolute atomic E-state index is 0.260. The second kappa shape index (κ2) is 5.96. The molecule has 6 rings (SSSR count). The molecule has 1 aliphatic heterocycles. The van der Waals surface area contributed by atoms with Crippen LogP contribution >= 0.6 is 0 Å². The minimum atomic E-state index is -0.719. The van der Waals surface area contributed by atoms with Crippen molar-refractivity contribution >= 4 is 11.8 Å². The van der Waals surface area contributed by atoms with Gasteiger partial charge in [0.25, 0.3) is 0 Å². The summed E-state index contributed by atoms with van der Waals surface area (Å²) in [5.74, 6) is 1.39. The average molecular weight is 372 g/mol. The van der Waals surface area contributed by atoms with E-state index >= 15 is 0 Å². The van der Waals surface area contributed by atoms with Crippen molar-refractivity contribution in [3.8, 4) is 11.5 Å². The smallest absolute Gasteiger partial charge is 0.312 e. The first kappa shape index (κ1) is 17.0. The van der Waals surface area contributed by atoms with Crippen molar-refractivity contribution in [1.82, 2.24) is 0 Å². The van der Waals surface area contributed by atoms with E-state index in [2.05, 4.69) is 0 Å². The van der Waals surface area contributed by atoms with Crippen molar-refractivity contribution < 1.29 is 28.9 Å². The fraction of sp³-hybridized carbons (Fsp3) is 0.619. The van der Waals surface area contributed by atoms with Gasteiger partial charge in [-0.15, -0.1) is 0 Å². The Bertz CT molecular complexity index is 786. The van der Waals surface area contributed by atoms with E-state index in [1.54, 1.807) is 18.2 Å². The number of hydrogen-bond donors (Lipinski definition) is 1. The number of ether oxygens (including phenoxy) is 3. The van der Waals surface area contributed by atoms with E-state index in [-0.39, 0.29) is 18.4 Å². The number of carbonyl (C=O) groups is 2. The molecule has 0 amide bonds. The normalized spacial score (nSPS) is 35.7. The molecular weight excluding hydrogens is 348 g/mol. The van der Waals surface area contributed by atoms with Gasteiger partial charge in [0, 0.05) is 5.56 Å². The lowest BCUT2D eigenvalue weighted by Crippen LogP contribution is -2.58. The third kappa shape index (κ3) is 2.90. The Hall–Kier alpha value is -2.08. The largest absolute Gasteiger partial charge is 0.486 e. The lowest BCUT2D eigenvalue weighted by molar-refractivity contribution is -0.195. The molecule has 1 aromatic carbocycles. The molecule has 0 spiro atoms. The molecule has 6 nitrogen and oxygen atoms in total.